The van der Waals surface area contributed by atoms with Crippen molar-refractivity contribution in [2.45, 2.75) is 25.9 Å². The van der Waals surface area contributed by atoms with Crippen LogP contribution in [0.15, 0.2) is 22.7 Å². The van der Waals surface area contributed by atoms with Gasteiger partial charge in [0.25, 0.3) is 0 Å². The predicted molar refractivity (Wildman–Crippen MR) is 56.8 cm³/mol. The highest BCUT2D eigenvalue weighted by atomic mass is 79.9. The molecule has 2 rings (SSSR count). The lowest BCUT2D eigenvalue weighted by atomic mass is 9.89. The summed E-state index contributed by atoms with van der Waals surface area (Å²) in [6, 6.07) is 6.42. The summed E-state index contributed by atoms with van der Waals surface area (Å²) < 4.78 is 6.87. The minimum atomic E-state index is -0.117. The summed E-state index contributed by atoms with van der Waals surface area (Å²) in [6.45, 7) is 5.08. The van der Waals surface area contributed by atoms with Crippen molar-refractivity contribution in [3.63, 3.8) is 0 Å². The second kappa shape index (κ2) is 3.10. The van der Waals surface area contributed by atoms with Gasteiger partial charge in [0.15, 0.2) is 0 Å². The van der Waals surface area contributed by atoms with Gasteiger partial charge in [0.05, 0.1) is 12.2 Å². The molecule has 1 nitrogen and oxygen atoms in total. The first-order valence-corrected chi connectivity index (χ1v) is 5.32. The Morgan fingerprint density at radius 1 is 1.38 bits per heavy atom. The lowest BCUT2D eigenvalue weighted by Crippen LogP contribution is -2.29. The molecule has 2 heteroatoms. The first-order chi connectivity index (χ1) is 6.09. The van der Waals surface area contributed by atoms with Crippen LogP contribution in [0.2, 0.25) is 0 Å². The van der Waals surface area contributed by atoms with Crippen molar-refractivity contribution >= 4 is 15.9 Å². The molecule has 0 atom stereocenters. The third kappa shape index (κ3) is 1.65. The van der Waals surface area contributed by atoms with Crippen LogP contribution in [0.5, 0.6) is 0 Å². The third-order valence-corrected chi connectivity index (χ3v) is 3.04. The fourth-order valence-electron chi connectivity index (χ4n) is 1.85. The van der Waals surface area contributed by atoms with E-state index in [4.69, 9.17) is 4.74 Å². The lowest BCUT2D eigenvalue weighted by Gasteiger charge is -2.32. The number of benzene rings is 1. The van der Waals surface area contributed by atoms with Crippen LogP contribution in [0.25, 0.3) is 0 Å². The molecule has 70 valence electrons. The van der Waals surface area contributed by atoms with Gasteiger partial charge in [-0.25, -0.2) is 0 Å². The monoisotopic (exact) mass is 240 g/mol. The summed E-state index contributed by atoms with van der Waals surface area (Å²) in [7, 11) is 0. The zero-order chi connectivity index (χ0) is 9.47. The molecule has 1 heterocycles. The zero-order valence-corrected chi connectivity index (χ0v) is 9.52. The molecule has 0 aromatic heterocycles. The van der Waals surface area contributed by atoms with Gasteiger partial charge in [-0.3, -0.25) is 0 Å². The van der Waals surface area contributed by atoms with Crippen LogP contribution in [0, 0.1) is 0 Å². The Labute approximate surface area is 87.2 Å². The molecule has 1 aromatic carbocycles. The zero-order valence-electron chi connectivity index (χ0n) is 7.93. The molecule has 1 aromatic rings. The van der Waals surface area contributed by atoms with Gasteiger partial charge in [-0.1, -0.05) is 22.0 Å². The highest BCUT2D eigenvalue weighted by molar-refractivity contribution is 9.10. The Bertz CT molecular complexity index is 331. The second-order valence-electron chi connectivity index (χ2n) is 3.91. The molecule has 0 aliphatic carbocycles. The van der Waals surface area contributed by atoms with Crippen molar-refractivity contribution in [3.8, 4) is 0 Å². The number of hydrogen-bond acceptors (Lipinski definition) is 1. The molecule has 0 saturated heterocycles. The summed E-state index contributed by atoms with van der Waals surface area (Å²) >= 11 is 3.49. The largest absolute Gasteiger partial charge is 0.371 e. The molecule has 0 bridgehead atoms. The number of rotatable bonds is 0. The van der Waals surface area contributed by atoms with Crippen LogP contribution in [0.1, 0.15) is 25.0 Å². The van der Waals surface area contributed by atoms with Crippen LogP contribution < -0.4 is 0 Å². The average molecular weight is 241 g/mol. The van der Waals surface area contributed by atoms with Crippen molar-refractivity contribution < 1.29 is 4.74 Å². The van der Waals surface area contributed by atoms with E-state index in [1.165, 1.54) is 11.1 Å². The standard InChI is InChI=1S/C11H13BrO/c1-11(2)10-4-3-9(12)7-8(10)5-6-13-11/h3-4,7H,5-6H2,1-2H3. The SMILES string of the molecule is CC1(C)OCCc2cc(Br)ccc21. The second-order valence-corrected chi connectivity index (χ2v) is 4.83. The van der Waals surface area contributed by atoms with E-state index in [9.17, 15) is 0 Å². The van der Waals surface area contributed by atoms with E-state index in [0.717, 1.165) is 17.5 Å². The van der Waals surface area contributed by atoms with E-state index in [0.29, 0.717) is 0 Å². The Balaban J connectivity index is 2.53. The van der Waals surface area contributed by atoms with E-state index >= 15 is 0 Å². The smallest absolute Gasteiger partial charge is 0.0878 e. The van der Waals surface area contributed by atoms with E-state index in [1.54, 1.807) is 0 Å². The number of halogens is 1. The molecule has 1 aliphatic rings. The molecule has 0 saturated carbocycles. The van der Waals surface area contributed by atoms with Gasteiger partial charge >= 0.3 is 0 Å². The fourth-order valence-corrected chi connectivity index (χ4v) is 2.26. The predicted octanol–water partition coefficient (Wildman–Crippen LogP) is 3.26. The van der Waals surface area contributed by atoms with Crippen LogP contribution in [0.3, 0.4) is 0 Å². The van der Waals surface area contributed by atoms with Gasteiger partial charge in [0, 0.05) is 4.47 Å². The molecular formula is C11H13BrO. The van der Waals surface area contributed by atoms with Gasteiger partial charge in [0.2, 0.25) is 0 Å². The molecular weight excluding hydrogens is 228 g/mol. The minimum Gasteiger partial charge on any atom is -0.371 e. The first kappa shape index (κ1) is 9.22. The van der Waals surface area contributed by atoms with Gasteiger partial charge in [-0.2, -0.15) is 0 Å². The maximum atomic E-state index is 5.72. The lowest BCUT2D eigenvalue weighted by molar-refractivity contribution is -0.0315. The Morgan fingerprint density at radius 3 is 2.92 bits per heavy atom. The number of hydrogen-bond donors (Lipinski definition) is 0. The van der Waals surface area contributed by atoms with Crippen molar-refractivity contribution in [1.82, 2.24) is 0 Å². The Kier molecular flexibility index (Phi) is 2.20. The molecule has 0 amide bonds. The van der Waals surface area contributed by atoms with Gasteiger partial charge in [-0.15, -0.1) is 0 Å². The molecule has 0 unspecified atom stereocenters. The summed E-state index contributed by atoms with van der Waals surface area (Å²) in [6.07, 6.45) is 1.03. The number of fused-ring (bicyclic) bond motifs is 1. The van der Waals surface area contributed by atoms with Crippen LogP contribution in [0.4, 0.5) is 0 Å². The minimum absolute atomic E-state index is 0.117. The molecule has 0 radical (unpaired) electrons. The first-order valence-electron chi connectivity index (χ1n) is 4.52. The van der Waals surface area contributed by atoms with E-state index in [2.05, 4.69) is 48.0 Å². The van der Waals surface area contributed by atoms with Crippen molar-refractivity contribution in [1.29, 1.82) is 0 Å². The highest BCUT2D eigenvalue weighted by Gasteiger charge is 2.27. The average Bonchev–Trinajstić information content (AvgIpc) is 2.02. The van der Waals surface area contributed by atoms with Crippen molar-refractivity contribution in [2.24, 2.45) is 0 Å². The van der Waals surface area contributed by atoms with E-state index in [1.807, 2.05) is 0 Å². The van der Waals surface area contributed by atoms with Gasteiger partial charge in [0.1, 0.15) is 0 Å². The molecule has 0 N–H and O–H groups in total. The van der Waals surface area contributed by atoms with Crippen molar-refractivity contribution in [2.75, 3.05) is 6.61 Å². The summed E-state index contributed by atoms with van der Waals surface area (Å²) in [5.74, 6) is 0. The van der Waals surface area contributed by atoms with Crippen molar-refractivity contribution in [3.05, 3.63) is 33.8 Å². The molecule has 13 heavy (non-hydrogen) atoms. The third-order valence-electron chi connectivity index (χ3n) is 2.55. The van der Waals surface area contributed by atoms with Gasteiger partial charge < -0.3 is 4.74 Å². The highest BCUT2D eigenvalue weighted by Crippen LogP contribution is 2.33. The molecule has 0 spiro atoms. The summed E-state index contributed by atoms with van der Waals surface area (Å²) in [4.78, 5) is 0. The van der Waals surface area contributed by atoms with E-state index in [-0.39, 0.29) is 5.60 Å². The molecule has 0 fully saturated rings. The van der Waals surface area contributed by atoms with Crippen LogP contribution in [-0.2, 0) is 16.8 Å². The fraction of sp³-hybridized carbons (Fsp3) is 0.455. The van der Waals surface area contributed by atoms with Crippen LogP contribution >= 0.6 is 15.9 Å². The Morgan fingerprint density at radius 2 is 2.15 bits per heavy atom. The van der Waals surface area contributed by atoms with E-state index < -0.39 is 0 Å². The number of ether oxygens (including phenoxy) is 1. The molecule has 1 aliphatic heterocycles. The topological polar surface area (TPSA) is 9.23 Å². The van der Waals surface area contributed by atoms with Crippen LogP contribution in [-0.4, -0.2) is 6.61 Å². The Hall–Kier alpha value is -0.340. The normalized spacial score (nSPS) is 19.6. The quantitative estimate of drug-likeness (QED) is 0.677. The summed E-state index contributed by atoms with van der Waals surface area (Å²) in [5.41, 5.74) is 2.61. The maximum absolute atomic E-state index is 5.72. The van der Waals surface area contributed by atoms with Gasteiger partial charge in [-0.05, 0) is 43.5 Å². The summed E-state index contributed by atoms with van der Waals surface area (Å²) in [5, 5.41) is 0. The maximum Gasteiger partial charge on any atom is 0.0878 e.